The normalized spacial score (nSPS) is 22.9. The second kappa shape index (κ2) is 6.70. The second-order valence-electron chi connectivity index (χ2n) is 5.00. The Bertz CT molecular complexity index is 507. The van der Waals surface area contributed by atoms with E-state index in [9.17, 15) is 14.7 Å². The number of amides is 1. The molecule has 1 saturated carbocycles. The molecule has 1 heterocycles. The first kappa shape index (κ1) is 14.8. The molecule has 2 rings (SSSR count). The minimum atomic E-state index is -0.852. The summed E-state index contributed by atoms with van der Waals surface area (Å²) in [6.07, 6.45) is 5.60. The van der Waals surface area contributed by atoms with Crippen LogP contribution in [0.1, 0.15) is 42.5 Å². The fourth-order valence-corrected chi connectivity index (χ4v) is 2.78. The van der Waals surface area contributed by atoms with E-state index in [1.54, 1.807) is 12.1 Å². The molecule has 0 spiro atoms. The van der Waals surface area contributed by atoms with Gasteiger partial charge in [0.1, 0.15) is 5.15 Å². The van der Waals surface area contributed by atoms with Crippen LogP contribution in [-0.2, 0) is 4.79 Å². The summed E-state index contributed by atoms with van der Waals surface area (Å²) >= 11 is 5.88. The van der Waals surface area contributed by atoms with Gasteiger partial charge in [0.2, 0.25) is 0 Å². The largest absolute Gasteiger partial charge is 0.481 e. The maximum atomic E-state index is 12.2. The number of hydrogen-bond acceptors (Lipinski definition) is 3. The molecule has 0 aliphatic heterocycles. The van der Waals surface area contributed by atoms with Crippen molar-refractivity contribution in [3.63, 3.8) is 0 Å². The van der Waals surface area contributed by atoms with Gasteiger partial charge in [0, 0.05) is 12.2 Å². The molecule has 2 atom stereocenters. The molecule has 2 unspecified atom stereocenters. The van der Waals surface area contributed by atoms with Gasteiger partial charge < -0.3 is 10.4 Å². The van der Waals surface area contributed by atoms with Gasteiger partial charge in [-0.05, 0) is 25.0 Å². The van der Waals surface area contributed by atoms with E-state index < -0.39 is 11.9 Å². The van der Waals surface area contributed by atoms with Crippen LogP contribution in [0.2, 0.25) is 5.15 Å². The van der Waals surface area contributed by atoms with Crippen LogP contribution in [0.5, 0.6) is 0 Å². The third kappa shape index (κ3) is 3.48. The molecule has 6 heteroatoms. The van der Waals surface area contributed by atoms with Crippen LogP contribution in [0, 0.1) is 5.92 Å². The Morgan fingerprint density at radius 3 is 2.75 bits per heavy atom. The maximum Gasteiger partial charge on any atom is 0.308 e. The summed E-state index contributed by atoms with van der Waals surface area (Å²) in [7, 11) is 0. The summed E-state index contributed by atoms with van der Waals surface area (Å²) in [4.78, 5) is 27.4. The lowest BCUT2D eigenvalue weighted by atomic mass is 9.94. The number of carbonyl (C=O) groups is 2. The third-order valence-electron chi connectivity index (χ3n) is 3.65. The van der Waals surface area contributed by atoms with Crippen molar-refractivity contribution in [3.8, 4) is 0 Å². The van der Waals surface area contributed by atoms with Crippen LogP contribution >= 0.6 is 11.6 Å². The van der Waals surface area contributed by atoms with E-state index in [0.717, 1.165) is 19.3 Å². The molecule has 1 fully saturated rings. The van der Waals surface area contributed by atoms with Gasteiger partial charge in [0.25, 0.3) is 5.91 Å². The molecule has 1 amide bonds. The van der Waals surface area contributed by atoms with Crippen molar-refractivity contribution in [2.24, 2.45) is 5.92 Å². The summed E-state index contributed by atoms with van der Waals surface area (Å²) in [5, 5.41) is 12.2. The van der Waals surface area contributed by atoms with Gasteiger partial charge in [-0.15, -0.1) is 0 Å². The van der Waals surface area contributed by atoms with Crippen LogP contribution in [0.25, 0.3) is 0 Å². The van der Waals surface area contributed by atoms with Crippen molar-refractivity contribution in [1.82, 2.24) is 10.3 Å². The average molecular weight is 297 g/mol. The van der Waals surface area contributed by atoms with E-state index in [2.05, 4.69) is 10.3 Å². The monoisotopic (exact) mass is 296 g/mol. The highest BCUT2D eigenvalue weighted by atomic mass is 35.5. The highest BCUT2D eigenvalue weighted by molar-refractivity contribution is 6.32. The molecule has 5 nitrogen and oxygen atoms in total. The van der Waals surface area contributed by atoms with Gasteiger partial charge in [-0.1, -0.05) is 30.9 Å². The van der Waals surface area contributed by atoms with Gasteiger partial charge in [-0.25, -0.2) is 4.98 Å². The maximum absolute atomic E-state index is 12.2. The number of nitrogens with zero attached hydrogens (tertiary/aromatic N) is 1. The van der Waals surface area contributed by atoms with Gasteiger partial charge in [0.05, 0.1) is 11.5 Å². The lowest BCUT2D eigenvalue weighted by Gasteiger charge is -2.23. The Hall–Kier alpha value is -1.62. The van der Waals surface area contributed by atoms with E-state index >= 15 is 0 Å². The Labute approximate surface area is 122 Å². The predicted molar refractivity (Wildman–Crippen MR) is 74.7 cm³/mol. The van der Waals surface area contributed by atoms with Gasteiger partial charge >= 0.3 is 5.97 Å². The summed E-state index contributed by atoms with van der Waals surface area (Å²) in [5.41, 5.74) is 0.280. The second-order valence-corrected chi connectivity index (χ2v) is 5.36. The van der Waals surface area contributed by atoms with Crippen molar-refractivity contribution in [2.75, 3.05) is 0 Å². The van der Waals surface area contributed by atoms with Crippen LogP contribution in [0.15, 0.2) is 18.3 Å². The van der Waals surface area contributed by atoms with Crippen LogP contribution in [0.3, 0.4) is 0 Å². The third-order valence-corrected chi connectivity index (χ3v) is 3.95. The first-order valence-corrected chi connectivity index (χ1v) is 7.11. The first-order chi connectivity index (χ1) is 9.59. The number of hydrogen-bond donors (Lipinski definition) is 2. The Balaban J connectivity index is 2.12. The highest BCUT2D eigenvalue weighted by Crippen LogP contribution is 2.24. The van der Waals surface area contributed by atoms with Gasteiger partial charge in [-0.2, -0.15) is 0 Å². The number of carboxylic acids is 1. The quantitative estimate of drug-likeness (QED) is 0.663. The number of aliphatic carboxylic acids is 1. The average Bonchev–Trinajstić information content (AvgIpc) is 2.64. The Kier molecular flexibility index (Phi) is 4.95. The standard InChI is InChI=1S/C14H17ClN2O3/c15-12-10(6-4-8-16-12)13(18)17-11-7-3-1-2-5-9(11)14(19)20/h4,6,8-9,11H,1-3,5,7H2,(H,17,18)(H,19,20). The molecule has 0 bridgehead atoms. The van der Waals surface area contributed by atoms with Crippen molar-refractivity contribution in [3.05, 3.63) is 29.0 Å². The van der Waals surface area contributed by atoms with E-state index in [1.807, 2.05) is 0 Å². The minimum Gasteiger partial charge on any atom is -0.481 e. The fraction of sp³-hybridized carbons (Fsp3) is 0.500. The summed E-state index contributed by atoms with van der Waals surface area (Å²) in [6.45, 7) is 0. The number of pyridine rings is 1. The van der Waals surface area contributed by atoms with Gasteiger partial charge in [0.15, 0.2) is 0 Å². The summed E-state index contributed by atoms with van der Waals surface area (Å²) in [6, 6.07) is 2.86. The zero-order valence-electron chi connectivity index (χ0n) is 11.0. The smallest absolute Gasteiger partial charge is 0.308 e. The van der Waals surface area contributed by atoms with Crippen LogP contribution in [0.4, 0.5) is 0 Å². The van der Waals surface area contributed by atoms with E-state index in [0.29, 0.717) is 12.8 Å². The Morgan fingerprint density at radius 2 is 2.05 bits per heavy atom. The molecular formula is C14H17ClN2O3. The van der Waals surface area contributed by atoms with Crippen molar-refractivity contribution in [1.29, 1.82) is 0 Å². The number of halogens is 1. The zero-order chi connectivity index (χ0) is 14.5. The molecular weight excluding hydrogens is 280 g/mol. The highest BCUT2D eigenvalue weighted by Gasteiger charge is 2.31. The molecule has 0 saturated heterocycles. The van der Waals surface area contributed by atoms with Crippen molar-refractivity contribution in [2.45, 2.75) is 38.1 Å². The van der Waals surface area contributed by atoms with Crippen molar-refractivity contribution < 1.29 is 14.7 Å². The molecule has 1 aliphatic carbocycles. The topological polar surface area (TPSA) is 79.3 Å². The lowest BCUT2D eigenvalue weighted by molar-refractivity contribution is -0.142. The molecule has 0 radical (unpaired) electrons. The molecule has 2 N–H and O–H groups in total. The van der Waals surface area contributed by atoms with E-state index in [4.69, 9.17) is 11.6 Å². The van der Waals surface area contributed by atoms with E-state index in [1.165, 1.54) is 6.20 Å². The number of nitrogens with one attached hydrogen (secondary N) is 1. The first-order valence-electron chi connectivity index (χ1n) is 6.74. The van der Waals surface area contributed by atoms with E-state index in [-0.39, 0.29) is 22.7 Å². The van der Waals surface area contributed by atoms with Crippen LogP contribution in [-0.4, -0.2) is 28.0 Å². The molecule has 1 aromatic heterocycles. The summed E-state index contributed by atoms with van der Waals surface area (Å²) in [5.74, 6) is -1.74. The lowest BCUT2D eigenvalue weighted by Crippen LogP contribution is -2.43. The predicted octanol–water partition coefficient (Wildman–Crippen LogP) is 2.50. The minimum absolute atomic E-state index is 0.130. The van der Waals surface area contributed by atoms with Crippen molar-refractivity contribution >= 4 is 23.5 Å². The number of carboxylic acid groups (broad SMARTS) is 1. The fourth-order valence-electron chi connectivity index (χ4n) is 2.58. The van der Waals surface area contributed by atoms with Gasteiger partial charge in [-0.3, -0.25) is 9.59 Å². The SMILES string of the molecule is O=C(NC1CCCCCC1C(=O)O)c1cccnc1Cl. The zero-order valence-corrected chi connectivity index (χ0v) is 11.8. The number of rotatable bonds is 3. The summed E-state index contributed by atoms with van der Waals surface area (Å²) < 4.78 is 0. The Morgan fingerprint density at radius 1 is 1.30 bits per heavy atom. The number of aromatic nitrogens is 1. The van der Waals surface area contributed by atoms with Crippen LogP contribution < -0.4 is 5.32 Å². The molecule has 1 aromatic rings. The molecule has 0 aromatic carbocycles. The number of carbonyl (C=O) groups excluding carboxylic acids is 1. The molecule has 20 heavy (non-hydrogen) atoms. The molecule has 108 valence electrons. The molecule has 1 aliphatic rings.